The van der Waals surface area contributed by atoms with E-state index < -0.39 is 0 Å². The van der Waals surface area contributed by atoms with Gasteiger partial charge in [0, 0.05) is 31.9 Å². The quantitative estimate of drug-likeness (QED) is 0.901. The molecule has 3 rings (SSSR count). The molecule has 0 bridgehead atoms. The van der Waals surface area contributed by atoms with E-state index in [-0.39, 0.29) is 5.91 Å². The highest BCUT2D eigenvalue weighted by molar-refractivity contribution is 6.00. The van der Waals surface area contributed by atoms with Gasteiger partial charge in [0.15, 0.2) is 0 Å². The molecular formula is C15H20N2O2. The van der Waals surface area contributed by atoms with Gasteiger partial charge in [-0.05, 0) is 31.4 Å². The second-order valence-electron chi connectivity index (χ2n) is 5.18. The van der Waals surface area contributed by atoms with Crippen LogP contribution in [0.3, 0.4) is 0 Å². The van der Waals surface area contributed by atoms with Crippen LogP contribution < -0.4 is 10.2 Å². The van der Waals surface area contributed by atoms with E-state index in [0.717, 1.165) is 37.4 Å². The Morgan fingerprint density at radius 3 is 3.11 bits per heavy atom. The number of carbonyl (C=O) groups is 1. The van der Waals surface area contributed by atoms with Crippen LogP contribution in [0.25, 0.3) is 0 Å². The first-order chi connectivity index (χ1) is 9.34. The van der Waals surface area contributed by atoms with Crippen molar-refractivity contribution in [3.05, 3.63) is 29.8 Å². The number of ether oxygens (including phenoxy) is 1. The van der Waals surface area contributed by atoms with Crippen molar-refractivity contribution in [3.63, 3.8) is 0 Å². The number of hydrogen-bond acceptors (Lipinski definition) is 3. The van der Waals surface area contributed by atoms with Gasteiger partial charge in [-0.2, -0.15) is 0 Å². The molecule has 0 aromatic heterocycles. The molecule has 0 aliphatic carbocycles. The first-order valence-corrected chi connectivity index (χ1v) is 7.08. The van der Waals surface area contributed by atoms with Gasteiger partial charge in [-0.25, -0.2) is 0 Å². The summed E-state index contributed by atoms with van der Waals surface area (Å²) in [5.74, 6) is 0.0372. The van der Waals surface area contributed by atoms with Crippen molar-refractivity contribution in [3.8, 4) is 0 Å². The molecule has 4 heteroatoms. The zero-order chi connectivity index (χ0) is 13.1. The molecule has 2 heterocycles. The van der Waals surface area contributed by atoms with Crippen LogP contribution in [-0.4, -0.2) is 38.3 Å². The average Bonchev–Trinajstić information content (AvgIpc) is 2.90. The Morgan fingerprint density at radius 1 is 1.37 bits per heavy atom. The lowest BCUT2D eigenvalue weighted by molar-refractivity contribution is 0.0957. The molecule has 1 N–H and O–H groups in total. The number of carbonyl (C=O) groups excluding carboxylic acids is 1. The molecule has 0 spiro atoms. The molecule has 1 aromatic carbocycles. The van der Waals surface area contributed by atoms with E-state index in [1.54, 1.807) is 0 Å². The van der Waals surface area contributed by atoms with Gasteiger partial charge in [-0.15, -0.1) is 0 Å². The summed E-state index contributed by atoms with van der Waals surface area (Å²) in [6.45, 7) is 3.44. The van der Waals surface area contributed by atoms with Crippen molar-refractivity contribution in [2.75, 3.05) is 31.1 Å². The highest BCUT2D eigenvalue weighted by Gasteiger charge is 2.22. The molecule has 0 radical (unpaired) electrons. The number of nitrogens with one attached hydrogen (secondary N) is 1. The molecule has 1 saturated heterocycles. The smallest absolute Gasteiger partial charge is 0.253 e. The summed E-state index contributed by atoms with van der Waals surface area (Å²) in [7, 11) is 0. The van der Waals surface area contributed by atoms with Gasteiger partial charge in [-0.1, -0.05) is 12.1 Å². The van der Waals surface area contributed by atoms with E-state index in [4.69, 9.17) is 4.74 Å². The van der Waals surface area contributed by atoms with E-state index in [9.17, 15) is 4.79 Å². The maximum Gasteiger partial charge on any atom is 0.253 e. The van der Waals surface area contributed by atoms with E-state index in [0.29, 0.717) is 12.6 Å². The third-order valence-electron chi connectivity index (χ3n) is 3.90. The van der Waals surface area contributed by atoms with Crippen LogP contribution in [-0.2, 0) is 4.74 Å². The third-order valence-corrected chi connectivity index (χ3v) is 3.90. The number of anilines is 1. The molecule has 0 saturated carbocycles. The highest BCUT2D eigenvalue weighted by Crippen LogP contribution is 2.24. The normalized spacial score (nSPS) is 22.8. The molecule has 2 aliphatic rings. The summed E-state index contributed by atoms with van der Waals surface area (Å²) in [5.41, 5.74) is 1.84. The fourth-order valence-electron chi connectivity index (χ4n) is 2.87. The van der Waals surface area contributed by atoms with Gasteiger partial charge >= 0.3 is 0 Å². The van der Waals surface area contributed by atoms with Crippen molar-refractivity contribution in [2.24, 2.45) is 0 Å². The first-order valence-electron chi connectivity index (χ1n) is 7.08. The maximum absolute atomic E-state index is 11.9. The minimum absolute atomic E-state index is 0.0372. The Labute approximate surface area is 113 Å². The topological polar surface area (TPSA) is 41.6 Å². The van der Waals surface area contributed by atoms with Crippen LogP contribution in [0.1, 0.15) is 29.6 Å². The van der Waals surface area contributed by atoms with Gasteiger partial charge in [0.05, 0.1) is 11.7 Å². The molecule has 1 fully saturated rings. The molecule has 19 heavy (non-hydrogen) atoms. The number of benzene rings is 1. The monoisotopic (exact) mass is 260 g/mol. The number of para-hydroxylation sites is 1. The summed E-state index contributed by atoms with van der Waals surface area (Å²) in [5, 5.41) is 2.95. The summed E-state index contributed by atoms with van der Waals surface area (Å²) in [4.78, 5) is 14.2. The Kier molecular flexibility index (Phi) is 3.69. The fourth-order valence-corrected chi connectivity index (χ4v) is 2.87. The van der Waals surface area contributed by atoms with Crippen molar-refractivity contribution >= 4 is 11.6 Å². The van der Waals surface area contributed by atoms with Gasteiger partial charge < -0.3 is 15.0 Å². The Morgan fingerprint density at radius 2 is 2.26 bits per heavy atom. The molecule has 2 aliphatic heterocycles. The fraction of sp³-hybridized carbons (Fsp3) is 0.533. The lowest BCUT2D eigenvalue weighted by Gasteiger charge is -2.25. The van der Waals surface area contributed by atoms with E-state index in [1.165, 1.54) is 12.8 Å². The average molecular weight is 260 g/mol. The second kappa shape index (κ2) is 5.61. The summed E-state index contributed by atoms with van der Waals surface area (Å²) in [6.07, 6.45) is 3.80. The van der Waals surface area contributed by atoms with Crippen LogP contribution in [0.4, 0.5) is 5.69 Å². The van der Waals surface area contributed by atoms with E-state index in [1.807, 2.05) is 24.3 Å². The second-order valence-corrected chi connectivity index (χ2v) is 5.18. The van der Waals surface area contributed by atoms with Crippen molar-refractivity contribution in [2.45, 2.75) is 25.4 Å². The predicted molar refractivity (Wildman–Crippen MR) is 74.6 cm³/mol. The molecule has 1 amide bonds. The van der Waals surface area contributed by atoms with Crippen molar-refractivity contribution in [1.82, 2.24) is 5.32 Å². The van der Waals surface area contributed by atoms with Crippen LogP contribution in [0.15, 0.2) is 24.3 Å². The van der Waals surface area contributed by atoms with Crippen molar-refractivity contribution in [1.29, 1.82) is 0 Å². The zero-order valence-electron chi connectivity index (χ0n) is 11.1. The molecule has 1 atom stereocenters. The largest absolute Gasteiger partial charge is 0.378 e. The van der Waals surface area contributed by atoms with Crippen LogP contribution >= 0.6 is 0 Å². The number of amides is 1. The molecule has 1 unspecified atom stereocenters. The van der Waals surface area contributed by atoms with Crippen molar-refractivity contribution < 1.29 is 9.53 Å². The molecule has 4 nitrogen and oxygen atoms in total. The Bertz CT molecular complexity index is 455. The van der Waals surface area contributed by atoms with Gasteiger partial charge in [0.2, 0.25) is 0 Å². The van der Waals surface area contributed by atoms with E-state index in [2.05, 4.69) is 10.2 Å². The van der Waals surface area contributed by atoms with E-state index >= 15 is 0 Å². The lowest BCUT2D eigenvalue weighted by atomic mass is 10.1. The Balaban J connectivity index is 1.73. The zero-order valence-corrected chi connectivity index (χ0v) is 11.1. The first kappa shape index (κ1) is 12.5. The summed E-state index contributed by atoms with van der Waals surface area (Å²) < 4.78 is 5.68. The van der Waals surface area contributed by atoms with Crippen LogP contribution in [0.5, 0.6) is 0 Å². The Hall–Kier alpha value is -1.55. The standard InChI is InChI=1S/C15H20N2O2/c18-15-13-5-1-2-6-14(13)17(10-8-16-15)9-7-12-4-3-11-19-12/h1-2,5-6,12H,3-4,7-11H2,(H,16,18). The van der Waals surface area contributed by atoms with Crippen LogP contribution in [0, 0.1) is 0 Å². The lowest BCUT2D eigenvalue weighted by Crippen LogP contribution is -2.32. The minimum Gasteiger partial charge on any atom is -0.378 e. The van der Waals surface area contributed by atoms with Gasteiger partial charge in [0.1, 0.15) is 0 Å². The third kappa shape index (κ3) is 2.73. The van der Waals surface area contributed by atoms with Gasteiger partial charge in [-0.3, -0.25) is 4.79 Å². The maximum atomic E-state index is 11.9. The minimum atomic E-state index is 0.0372. The molecular weight excluding hydrogens is 240 g/mol. The summed E-state index contributed by atoms with van der Waals surface area (Å²) >= 11 is 0. The number of fused-ring (bicyclic) bond motifs is 1. The molecule has 1 aromatic rings. The van der Waals surface area contributed by atoms with Crippen LogP contribution in [0.2, 0.25) is 0 Å². The number of nitrogens with zero attached hydrogens (tertiary/aromatic N) is 1. The number of hydrogen-bond donors (Lipinski definition) is 1. The van der Waals surface area contributed by atoms with Gasteiger partial charge in [0.25, 0.3) is 5.91 Å². The SMILES string of the molecule is O=C1NCCN(CCC2CCCO2)c2ccccc21. The summed E-state index contributed by atoms with van der Waals surface area (Å²) in [6, 6.07) is 7.85. The molecule has 102 valence electrons. The number of rotatable bonds is 3. The predicted octanol–water partition coefficient (Wildman–Crippen LogP) is 1.81. The highest BCUT2D eigenvalue weighted by atomic mass is 16.5.